The lowest BCUT2D eigenvalue weighted by Gasteiger charge is -2.21. The molecule has 1 aromatic carbocycles. The molecule has 1 aromatic heterocycles. The van der Waals surface area contributed by atoms with Gasteiger partial charge in [-0.05, 0) is 44.0 Å². The van der Waals surface area contributed by atoms with Crippen LogP contribution < -0.4 is 10.2 Å². The van der Waals surface area contributed by atoms with E-state index in [1.165, 1.54) is 12.8 Å². The average Bonchev–Trinajstić information content (AvgIpc) is 3.02. The van der Waals surface area contributed by atoms with Gasteiger partial charge < -0.3 is 10.2 Å². The molecule has 0 aliphatic carbocycles. The number of nitrogens with zero attached hydrogens (tertiary/aromatic N) is 2. The van der Waals surface area contributed by atoms with Gasteiger partial charge in [0.2, 0.25) is 0 Å². The van der Waals surface area contributed by atoms with Crippen LogP contribution in [0.15, 0.2) is 42.6 Å². The van der Waals surface area contributed by atoms with Gasteiger partial charge in [0.1, 0.15) is 0 Å². The van der Waals surface area contributed by atoms with Gasteiger partial charge in [-0.2, -0.15) is 0 Å². The molecule has 0 radical (unpaired) electrons. The maximum absolute atomic E-state index is 12.3. The molecule has 1 fully saturated rings. The standard InChI is InChI=1S/C17H19N3O/c1-13-8-9-14(12-18-13)17(21)19-15-6-2-3-7-16(15)20-10-4-5-11-20/h2-3,6-9,12H,4-5,10-11H2,1H3,(H,19,21). The molecule has 2 heterocycles. The van der Waals surface area contributed by atoms with Crippen molar-refractivity contribution in [3.63, 3.8) is 0 Å². The van der Waals surface area contributed by atoms with Gasteiger partial charge in [0.15, 0.2) is 0 Å². The number of amides is 1. The number of para-hydroxylation sites is 2. The first-order valence-electron chi connectivity index (χ1n) is 7.32. The second kappa shape index (κ2) is 5.95. The lowest BCUT2D eigenvalue weighted by molar-refractivity contribution is 0.102. The summed E-state index contributed by atoms with van der Waals surface area (Å²) in [5.74, 6) is -0.117. The number of hydrogen-bond donors (Lipinski definition) is 1. The molecule has 4 nitrogen and oxygen atoms in total. The van der Waals surface area contributed by atoms with Gasteiger partial charge >= 0.3 is 0 Å². The molecule has 3 rings (SSSR count). The smallest absolute Gasteiger partial charge is 0.257 e. The fourth-order valence-electron chi connectivity index (χ4n) is 2.61. The fourth-order valence-corrected chi connectivity index (χ4v) is 2.61. The first-order valence-corrected chi connectivity index (χ1v) is 7.32. The van der Waals surface area contributed by atoms with Crippen molar-refractivity contribution in [1.82, 2.24) is 4.98 Å². The molecule has 108 valence electrons. The molecule has 1 saturated heterocycles. The van der Waals surface area contributed by atoms with Crippen molar-refractivity contribution in [3.05, 3.63) is 53.9 Å². The molecule has 0 atom stereocenters. The number of carbonyl (C=O) groups is 1. The number of aromatic nitrogens is 1. The molecule has 2 aromatic rings. The number of pyridine rings is 1. The molecule has 1 amide bonds. The van der Waals surface area contributed by atoms with Crippen molar-refractivity contribution < 1.29 is 4.79 Å². The van der Waals surface area contributed by atoms with Gasteiger partial charge in [-0.25, -0.2) is 0 Å². The van der Waals surface area contributed by atoms with Crippen LogP contribution in [0.3, 0.4) is 0 Å². The minimum Gasteiger partial charge on any atom is -0.370 e. The number of hydrogen-bond acceptors (Lipinski definition) is 3. The molecule has 21 heavy (non-hydrogen) atoms. The van der Waals surface area contributed by atoms with E-state index in [2.05, 4.69) is 21.3 Å². The predicted molar refractivity (Wildman–Crippen MR) is 84.8 cm³/mol. The Morgan fingerprint density at radius 1 is 1.14 bits per heavy atom. The lowest BCUT2D eigenvalue weighted by atomic mass is 10.2. The summed E-state index contributed by atoms with van der Waals surface area (Å²) in [4.78, 5) is 18.8. The van der Waals surface area contributed by atoms with E-state index in [0.717, 1.165) is 30.2 Å². The van der Waals surface area contributed by atoms with Crippen LogP contribution in [0.2, 0.25) is 0 Å². The second-order valence-corrected chi connectivity index (χ2v) is 5.35. The Morgan fingerprint density at radius 3 is 2.62 bits per heavy atom. The monoisotopic (exact) mass is 281 g/mol. The minimum atomic E-state index is -0.117. The third-order valence-electron chi connectivity index (χ3n) is 3.77. The predicted octanol–water partition coefficient (Wildman–Crippen LogP) is 3.24. The van der Waals surface area contributed by atoms with Crippen LogP contribution >= 0.6 is 0 Å². The summed E-state index contributed by atoms with van der Waals surface area (Å²) < 4.78 is 0. The quantitative estimate of drug-likeness (QED) is 0.939. The summed E-state index contributed by atoms with van der Waals surface area (Å²) >= 11 is 0. The molecule has 0 spiro atoms. The van der Waals surface area contributed by atoms with E-state index in [1.54, 1.807) is 12.3 Å². The third-order valence-corrected chi connectivity index (χ3v) is 3.77. The Morgan fingerprint density at radius 2 is 1.90 bits per heavy atom. The van der Waals surface area contributed by atoms with E-state index in [9.17, 15) is 4.79 Å². The summed E-state index contributed by atoms with van der Waals surface area (Å²) in [6, 6.07) is 11.6. The summed E-state index contributed by atoms with van der Waals surface area (Å²) in [5.41, 5.74) is 3.45. The van der Waals surface area contributed by atoms with E-state index in [-0.39, 0.29) is 5.91 Å². The first-order chi connectivity index (χ1) is 10.2. The van der Waals surface area contributed by atoms with Gasteiger partial charge in [0, 0.05) is 25.0 Å². The van der Waals surface area contributed by atoms with Gasteiger partial charge in [-0.1, -0.05) is 12.1 Å². The Kier molecular flexibility index (Phi) is 3.86. The highest BCUT2D eigenvalue weighted by Gasteiger charge is 2.16. The number of rotatable bonds is 3. The van der Waals surface area contributed by atoms with Crippen molar-refractivity contribution in [1.29, 1.82) is 0 Å². The van der Waals surface area contributed by atoms with E-state index in [4.69, 9.17) is 0 Å². The highest BCUT2D eigenvalue weighted by atomic mass is 16.1. The van der Waals surface area contributed by atoms with Crippen LogP contribution in [0, 0.1) is 6.92 Å². The molecule has 0 bridgehead atoms. The molecular formula is C17H19N3O. The normalized spacial score (nSPS) is 14.2. The van der Waals surface area contributed by atoms with Gasteiger partial charge in [0.25, 0.3) is 5.91 Å². The van der Waals surface area contributed by atoms with Crippen LogP contribution in [0.25, 0.3) is 0 Å². The molecular weight excluding hydrogens is 262 g/mol. The van der Waals surface area contributed by atoms with Gasteiger partial charge in [-0.15, -0.1) is 0 Å². The summed E-state index contributed by atoms with van der Waals surface area (Å²) in [7, 11) is 0. The SMILES string of the molecule is Cc1ccc(C(=O)Nc2ccccc2N2CCCC2)cn1. The van der Waals surface area contributed by atoms with E-state index < -0.39 is 0 Å². The average molecular weight is 281 g/mol. The molecule has 1 N–H and O–H groups in total. The van der Waals surface area contributed by atoms with Crippen LogP contribution in [0.5, 0.6) is 0 Å². The van der Waals surface area contributed by atoms with Crippen molar-refractivity contribution in [2.75, 3.05) is 23.3 Å². The Hall–Kier alpha value is -2.36. The molecule has 1 aliphatic heterocycles. The number of benzene rings is 1. The van der Waals surface area contributed by atoms with E-state index in [1.807, 2.05) is 31.2 Å². The molecule has 0 unspecified atom stereocenters. The largest absolute Gasteiger partial charge is 0.370 e. The van der Waals surface area contributed by atoms with E-state index >= 15 is 0 Å². The van der Waals surface area contributed by atoms with E-state index in [0.29, 0.717) is 5.56 Å². The Bertz CT molecular complexity index is 631. The summed E-state index contributed by atoms with van der Waals surface area (Å²) in [6.07, 6.45) is 4.04. The minimum absolute atomic E-state index is 0.117. The molecule has 4 heteroatoms. The zero-order chi connectivity index (χ0) is 14.7. The number of aryl methyl sites for hydroxylation is 1. The second-order valence-electron chi connectivity index (χ2n) is 5.35. The van der Waals surface area contributed by atoms with Gasteiger partial charge in [0.05, 0.1) is 16.9 Å². The Balaban J connectivity index is 1.81. The maximum atomic E-state index is 12.3. The van der Waals surface area contributed by atoms with Crippen LogP contribution in [-0.4, -0.2) is 24.0 Å². The summed E-state index contributed by atoms with van der Waals surface area (Å²) in [5, 5.41) is 3.00. The molecule has 1 aliphatic rings. The van der Waals surface area contributed by atoms with Crippen molar-refractivity contribution >= 4 is 17.3 Å². The van der Waals surface area contributed by atoms with Gasteiger partial charge in [-0.3, -0.25) is 9.78 Å². The highest BCUT2D eigenvalue weighted by molar-refractivity contribution is 6.05. The zero-order valence-electron chi connectivity index (χ0n) is 12.2. The highest BCUT2D eigenvalue weighted by Crippen LogP contribution is 2.28. The number of carbonyl (C=O) groups excluding carboxylic acids is 1. The van der Waals surface area contributed by atoms with Crippen molar-refractivity contribution in [3.8, 4) is 0 Å². The Labute approximate surface area is 124 Å². The van der Waals surface area contributed by atoms with Crippen LogP contribution in [-0.2, 0) is 0 Å². The van der Waals surface area contributed by atoms with Crippen molar-refractivity contribution in [2.45, 2.75) is 19.8 Å². The number of nitrogens with one attached hydrogen (secondary N) is 1. The lowest BCUT2D eigenvalue weighted by Crippen LogP contribution is -2.21. The topological polar surface area (TPSA) is 45.2 Å². The zero-order valence-corrected chi connectivity index (χ0v) is 12.2. The van der Waals surface area contributed by atoms with Crippen LogP contribution in [0.1, 0.15) is 28.9 Å². The summed E-state index contributed by atoms with van der Waals surface area (Å²) in [6.45, 7) is 4.02. The maximum Gasteiger partial charge on any atom is 0.257 e. The van der Waals surface area contributed by atoms with Crippen molar-refractivity contribution in [2.24, 2.45) is 0 Å². The van der Waals surface area contributed by atoms with Crippen LogP contribution in [0.4, 0.5) is 11.4 Å². The fraction of sp³-hybridized carbons (Fsp3) is 0.294. The molecule has 0 saturated carbocycles. The number of anilines is 2. The first kappa shape index (κ1) is 13.6. The third kappa shape index (κ3) is 3.05.